The standard InChI is InChI=1S/C25H29N3O5S/c1-31-21-9-7-19(8-10-21)27-22(18-3-5-20(6-4-18)28(30)34-2)17-23(26-27)24(29)11-13-25(14-12-24)32-15-16-33-25/h3-10,17,29-30H,11-16H2,1-2H3. The Hall–Kier alpha value is -2.56. The van der Waals surface area contributed by atoms with Crippen LogP contribution in [0, 0.1) is 0 Å². The Balaban J connectivity index is 1.52. The SMILES string of the molecule is COc1ccc(-n2nc(C3(O)CCC4(CC3)OCCO4)cc2-c2ccc(N(O)SC)cc2)cc1. The number of methoxy groups -OCH3 is 1. The second kappa shape index (κ2) is 9.24. The van der Waals surface area contributed by atoms with Gasteiger partial charge in [0, 0.05) is 24.7 Å². The Kier molecular flexibility index (Phi) is 6.30. The van der Waals surface area contributed by atoms with E-state index in [9.17, 15) is 10.3 Å². The van der Waals surface area contributed by atoms with E-state index >= 15 is 0 Å². The molecule has 5 rings (SSSR count). The molecule has 2 N–H and O–H groups in total. The Morgan fingerprint density at radius 1 is 1.00 bits per heavy atom. The summed E-state index contributed by atoms with van der Waals surface area (Å²) in [6.45, 7) is 1.21. The highest BCUT2D eigenvalue weighted by Gasteiger charge is 2.47. The molecular weight excluding hydrogens is 454 g/mol. The third kappa shape index (κ3) is 4.30. The molecule has 2 aliphatic rings. The van der Waals surface area contributed by atoms with Crippen LogP contribution in [-0.4, -0.2) is 52.5 Å². The van der Waals surface area contributed by atoms with Crippen LogP contribution in [0.15, 0.2) is 54.6 Å². The van der Waals surface area contributed by atoms with Crippen LogP contribution < -0.4 is 9.21 Å². The number of nitrogens with zero attached hydrogens (tertiary/aromatic N) is 3. The van der Waals surface area contributed by atoms with Crippen molar-refractivity contribution in [1.82, 2.24) is 9.78 Å². The molecule has 8 nitrogen and oxygen atoms in total. The highest BCUT2D eigenvalue weighted by atomic mass is 32.2. The summed E-state index contributed by atoms with van der Waals surface area (Å²) >= 11 is 1.22. The summed E-state index contributed by atoms with van der Waals surface area (Å²) in [5, 5.41) is 26.5. The Bertz CT molecular complexity index is 1120. The number of ether oxygens (including phenoxy) is 3. The number of benzene rings is 2. The molecule has 2 heterocycles. The fraction of sp³-hybridized carbons (Fsp3) is 0.400. The van der Waals surface area contributed by atoms with Gasteiger partial charge in [-0.3, -0.25) is 5.21 Å². The van der Waals surface area contributed by atoms with Gasteiger partial charge in [-0.2, -0.15) is 9.57 Å². The fourth-order valence-corrected chi connectivity index (χ4v) is 5.02. The molecule has 1 aromatic heterocycles. The molecule has 0 unspecified atom stereocenters. The largest absolute Gasteiger partial charge is 0.497 e. The van der Waals surface area contributed by atoms with Gasteiger partial charge in [-0.25, -0.2) is 4.68 Å². The van der Waals surface area contributed by atoms with Crippen LogP contribution in [0.5, 0.6) is 5.75 Å². The van der Waals surface area contributed by atoms with Crippen LogP contribution in [0.25, 0.3) is 16.9 Å². The van der Waals surface area contributed by atoms with Crippen molar-refractivity contribution in [2.45, 2.75) is 37.1 Å². The van der Waals surface area contributed by atoms with Gasteiger partial charge < -0.3 is 19.3 Å². The van der Waals surface area contributed by atoms with Gasteiger partial charge in [-0.15, -0.1) is 0 Å². The average Bonchev–Trinajstić information content (AvgIpc) is 3.54. The zero-order chi connectivity index (χ0) is 23.8. The van der Waals surface area contributed by atoms with Gasteiger partial charge in [0.05, 0.1) is 43.1 Å². The lowest BCUT2D eigenvalue weighted by Gasteiger charge is -2.39. The fourth-order valence-electron chi connectivity index (χ4n) is 4.69. The Labute approximate surface area is 203 Å². The van der Waals surface area contributed by atoms with E-state index in [2.05, 4.69) is 0 Å². The molecule has 180 valence electrons. The first-order chi connectivity index (χ1) is 16.5. The quantitative estimate of drug-likeness (QED) is 0.391. The van der Waals surface area contributed by atoms with Gasteiger partial charge >= 0.3 is 0 Å². The van der Waals surface area contributed by atoms with E-state index in [1.165, 1.54) is 11.9 Å². The van der Waals surface area contributed by atoms with Gasteiger partial charge in [-0.1, -0.05) is 12.1 Å². The van der Waals surface area contributed by atoms with Crippen LogP contribution in [0.3, 0.4) is 0 Å². The second-order valence-electron chi connectivity index (χ2n) is 8.67. The van der Waals surface area contributed by atoms with Gasteiger partial charge in [0.25, 0.3) is 0 Å². The maximum absolute atomic E-state index is 11.6. The summed E-state index contributed by atoms with van der Waals surface area (Å²) in [6.07, 6.45) is 4.08. The normalized spacial score (nSPS) is 18.8. The predicted molar refractivity (Wildman–Crippen MR) is 130 cm³/mol. The van der Waals surface area contributed by atoms with Crippen molar-refractivity contribution in [3.63, 3.8) is 0 Å². The molecule has 1 saturated heterocycles. The van der Waals surface area contributed by atoms with E-state index in [4.69, 9.17) is 19.3 Å². The average molecular weight is 484 g/mol. The molecule has 2 aromatic carbocycles. The molecule has 0 radical (unpaired) electrons. The van der Waals surface area contributed by atoms with Crippen molar-refractivity contribution < 1.29 is 24.5 Å². The van der Waals surface area contributed by atoms with Crippen molar-refractivity contribution in [3.05, 3.63) is 60.3 Å². The summed E-state index contributed by atoms with van der Waals surface area (Å²) in [5.74, 6) is 0.201. The van der Waals surface area contributed by atoms with E-state index < -0.39 is 11.4 Å². The lowest BCUT2D eigenvalue weighted by molar-refractivity contribution is -0.204. The van der Waals surface area contributed by atoms with Crippen molar-refractivity contribution in [2.75, 3.05) is 31.0 Å². The van der Waals surface area contributed by atoms with Gasteiger partial charge in [0.2, 0.25) is 0 Å². The molecule has 0 amide bonds. The first-order valence-electron chi connectivity index (χ1n) is 11.3. The van der Waals surface area contributed by atoms with E-state index in [0.29, 0.717) is 50.3 Å². The molecule has 3 aromatic rings. The van der Waals surface area contributed by atoms with Crippen LogP contribution in [-0.2, 0) is 15.1 Å². The molecule has 0 bridgehead atoms. The number of aliphatic hydroxyl groups is 1. The van der Waals surface area contributed by atoms with E-state index in [-0.39, 0.29) is 0 Å². The minimum absolute atomic E-state index is 0.512. The van der Waals surface area contributed by atoms with Crippen LogP contribution in [0.4, 0.5) is 5.69 Å². The number of aromatic nitrogens is 2. The molecule has 1 spiro atoms. The van der Waals surface area contributed by atoms with Crippen molar-refractivity contribution in [1.29, 1.82) is 0 Å². The number of rotatable bonds is 6. The van der Waals surface area contributed by atoms with Gasteiger partial charge in [0.15, 0.2) is 5.79 Å². The molecule has 9 heteroatoms. The number of hydrogen-bond donors (Lipinski definition) is 2. The third-order valence-corrected chi connectivity index (χ3v) is 7.27. The van der Waals surface area contributed by atoms with Crippen molar-refractivity contribution in [3.8, 4) is 22.7 Å². The number of anilines is 1. The van der Waals surface area contributed by atoms with Gasteiger partial charge in [-0.05, 0) is 67.3 Å². The maximum atomic E-state index is 11.6. The molecular formula is C25H29N3O5S. The lowest BCUT2D eigenvalue weighted by atomic mass is 9.79. The van der Waals surface area contributed by atoms with Crippen molar-refractivity contribution in [2.24, 2.45) is 0 Å². The third-order valence-electron chi connectivity index (χ3n) is 6.71. The minimum atomic E-state index is -1.06. The zero-order valence-electron chi connectivity index (χ0n) is 19.3. The first-order valence-corrected chi connectivity index (χ1v) is 12.5. The number of hydrogen-bond acceptors (Lipinski definition) is 8. The Morgan fingerprint density at radius 3 is 2.24 bits per heavy atom. The molecule has 1 aliphatic carbocycles. The zero-order valence-corrected chi connectivity index (χ0v) is 20.1. The monoisotopic (exact) mass is 483 g/mol. The van der Waals surface area contributed by atoms with Crippen molar-refractivity contribution >= 4 is 17.6 Å². The molecule has 1 aliphatic heterocycles. The summed E-state index contributed by atoms with van der Waals surface area (Å²) in [5.41, 5.74) is 2.88. The highest BCUT2D eigenvalue weighted by Crippen LogP contribution is 2.45. The molecule has 2 fully saturated rings. The predicted octanol–water partition coefficient (Wildman–Crippen LogP) is 4.53. The molecule has 1 saturated carbocycles. The molecule has 0 atom stereocenters. The van der Waals surface area contributed by atoms with E-state index in [0.717, 1.165) is 27.2 Å². The van der Waals surface area contributed by atoms with E-state index in [1.54, 1.807) is 13.4 Å². The molecule has 34 heavy (non-hydrogen) atoms. The summed E-state index contributed by atoms with van der Waals surface area (Å²) in [7, 11) is 1.64. The van der Waals surface area contributed by atoms with Crippen LogP contribution in [0.1, 0.15) is 31.4 Å². The van der Waals surface area contributed by atoms with Crippen LogP contribution >= 0.6 is 11.9 Å². The lowest BCUT2D eigenvalue weighted by Crippen LogP contribution is -2.42. The summed E-state index contributed by atoms with van der Waals surface area (Å²) in [6, 6.07) is 17.2. The highest BCUT2D eigenvalue weighted by molar-refractivity contribution is 7.99. The smallest absolute Gasteiger partial charge is 0.168 e. The first kappa shape index (κ1) is 23.2. The maximum Gasteiger partial charge on any atom is 0.168 e. The second-order valence-corrected chi connectivity index (χ2v) is 9.38. The Morgan fingerprint density at radius 2 is 1.65 bits per heavy atom. The summed E-state index contributed by atoms with van der Waals surface area (Å²) in [4.78, 5) is 0. The van der Waals surface area contributed by atoms with E-state index in [1.807, 2.05) is 59.3 Å². The minimum Gasteiger partial charge on any atom is -0.497 e. The van der Waals surface area contributed by atoms with Crippen LogP contribution in [0.2, 0.25) is 0 Å². The topological polar surface area (TPSA) is 89.2 Å². The van der Waals surface area contributed by atoms with Gasteiger partial charge in [0.1, 0.15) is 11.4 Å². The summed E-state index contributed by atoms with van der Waals surface area (Å²) < 4.78 is 20.0.